The maximum atomic E-state index is 11.5. The van der Waals surface area contributed by atoms with Crippen LogP contribution in [0.15, 0.2) is 16.5 Å². The Morgan fingerprint density at radius 2 is 2.40 bits per heavy atom. The third-order valence-electron chi connectivity index (χ3n) is 2.01. The molecule has 0 aliphatic heterocycles. The fourth-order valence-corrected chi connectivity index (χ4v) is 1.82. The lowest BCUT2D eigenvalue weighted by Crippen LogP contribution is -2.14. The molecule has 0 saturated carbocycles. The molecule has 78 valence electrons. The van der Waals surface area contributed by atoms with Crippen LogP contribution in [0.1, 0.15) is 12.5 Å². The zero-order chi connectivity index (χ0) is 10.8. The summed E-state index contributed by atoms with van der Waals surface area (Å²) in [6.07, 6.45) is 2.05. The van der Waals surface area contributed by atoms with Crippen LogP contribution in [0.3, 0.4) is 0 Å². The maximum absolute atomic E-state index is 11.5. The number of aromatic hydroxyl groups is 1. The Kier molecular flexibility index (Phi) is 2.51. The topological polar surface area (TPSA) is 78.9 Å². The lowest BCUT2D eigenvalue weighted by Gasteiger charge is -2.01. The summed E-state index contributed by atoms with van der Waals surface area (Å²) < 4.78 is 0. The van der Waals surface area contributed by atoms with E-state index in [-0.39, 0.29) is 11.4 Å². The average molecular weight is 223 g/mol. The van der Waals surface area contributed by atoms with Crippen LogP contribution in [-0.2, 0) is 6.42 Å². The smallest absolute Gasteiger partial charge is 0.258 e. The van der Waals surface area contributed by atoms with Crippen molar-refractivity contribution in [3.05, 3.63) is 27.6 Å². The Bertz CT molecular complexity index is 519. The SMILES string of the molecule is CCc1c(O)nc(-c2cncs2)[nH]c1=O. The van der Waals surface area contributed by atoms with Crippen LogP contribution in [-0.4, -0.2) is 20.1 Å². The summed E-state index contributed by atoms with van der Waals surface area (Å²) >= 11 is 1.35. The predicted octanol–water partition coefficient (Wildman–Crippen LogP) is 1.16. The molecule has 0 unspecified atom stereocenters. The largest absolute Gasteiger partial charge is 0.493 e. The van der Waals surface area contributed by atoms with Gasteiger partial charge in [-0.25, -0.2) is 0 Å². The Morgan fingerprint density at radius 1 is 1.60 bits per heavy atom. The Labute approximate surface area is 89.5 Å². The average Bonchev–Trinajstić information content (AvgIpc) is 2.69. The molecule has 0 saturated heterocycles. The van der Waals surface area contributed by atoms with E-state index in [0.29, 0.717) is 17.8 Å². The second-order valence-electron chi connectivity index (χ2n) is 2.94. The van der Waals surface area contributed by atoms with Gasteiger partial charge in [-0.15, -0.1) is 11.3 Å². The van der Waals surface area contributed by atoms with Gasteiger partial charge in [-0.2, -0.15) is 4.98 Å². The molecule has 0 aliphatic rings. The van der Waals surface area contributed by atoms with E-state index in [2.05, 4.69) is 15.0 Å². The molecule has 0 amide bonds. The molecule has 2 aromatic heterocycles. The highest BCUT2D eigenvalue weighted by molar-refractivity contribution is 7.13. The van der Waals surface area contributed by atoms with E-state index in [9.17, 15) is 9.90 Å². The molecule has 2 N–H and O–H groups in total. The molecular weight excluding hydrogens is 214 g/mol. The molecule has 0 radical (unpaired) electrons. The predicted molar refractivity (Wildman–Crippen MR) is 57.0 cm³/mol. The summed E-state index contributed by atoms with van der Waals surface area (Å²) in [5.74, 6) is 0.154. The highest BCUT2D eigenvalue weighted by Gasteiger charge is 2.10. The third kappa shape index (κ3) is 1.75. The number of H-pyrrole nitrogens is 1. The van der Waals surface area contributed by atoms with Gasteiger partial charge in [0.2, 0.25) is 5.88 Å². The van der Waals surface area contributed by atoms with Crippen LogP contribution in [0.25, 0.3) is 10.7 Å². The summed E-state index contributed by atoms with van der Waals surface area (Å²) in [5, 5.41) is 9.52. The lowest BCUT2D eigenvalue weighted by molar-refractivity contribution is 0.444. The zero-order valence-corrected chi connectivity index (χ0v) is 8.84. The number of nitrogens with zero attached hydrogens (tertiary/aromatic N) is 2. The van der Waals surface area contributed by atoms with E-state index >= 15 is 0 Å². The second-order valence-corrected chi connectivity index (χ2v) is 3.82. The minimum absolute atomic E-state index is 0.204. The number of aromatic amines is 1. The Balaban J connectivity index is 2.58. The van der Waals surface area contributed by atoms with E-state index in [4.69, 9.17) is 0 Å². The van der Waals surface area contributed by atoms with Crippen molar-refractivity contribution >= 4 is 11.3 Å². The van der Waals surface area contributed by atoms with Gasteiger partial charge in [-0.1, -0.05) is 6.92 Å². The summed E-state index contributed by atoms with van der Waals surface area (Å²) in [6.45, 7) is 1.79. The van der Waals surface area contributed by atoms with Crippen molar-refractivity contribution in [3.8, 4) is 16.6 Å². The summed E-state index contributed by atoms with van der Waals surface area (Å²) in [4.78, 5) is 22.6. The molecule has 5 nitrogen and oxygen atoms in total. The van der Waals surface area contributed by atoms with Gasteiger partial charge in [0.25, 0.3) is 5.56 Å². The first kappa shape index (κ1) is 9.85. The van der Waals surface area contributed by atoms with Crippen molar-refractivity contribution in [1.29, 1.82) is 0 Å². The minimum atomic E-state index is -0.298. The summed E-state index contributed by atoms with van der Waals surface area (Å²) in [5.41, 5.74) is 1.65. The van der Waals surface area contributed by atoms with Crippen molar-refractivity contribution in [2.45, 2.75) is 13.3 Å². The second kappa shape index (κ2) is 3.82. The van der Waals surface area contributed by atoms with E-state index in [1.807, 2.05) is 0 Å². The maximum Gasteiger partial charge on any atom is 0.258 e. The van der Waals surface area contributed by atoms with Crippen LogP contribution in [0.5, 0.6) is 5.88 Å². The monoisotopic (exact) mass is 223 g/mol. The van der Waals surface area contributed by atoms with Crippen molar-refractivity contribution in [1.82, 2.24) is 15.0 Å². The highest BCUT2D eigenvalue weighted by Crippen LogP contribution is 2.20. The van der Waals surface area contributed by atoms with Crippen LogP contribution in [0.2, 0.25) is 0 Å². The molecule has 0 aromatic carbocycles. The highest BCUT2D eigenvalue weighted by atomic mass is 32.1. The molecule has 6 heteroatoms. The molecule has 15 heavy (non-hydrogen) atoms. The van der Waals surface area contributed by atoms with Crippen molar-refractivity contribution in [2.75, 3.05) is 0 Å². The number of thiazole rings is 1. The fraction of sp³-hybridized carbons (Fsp3) is 0.222. The van der Waals surface area contributed by atoms with Crippen molar-refractivity contribution < 1.29 is 5.11 Å². The molecule has 0 aliphatic carbocycles. The molecule has 2 heterocycles. The van der Waals surface area contributed by atoms with Gasteiger partial charge in [0.15, 0.2) is 5.82 Å². The minimum Gasteiger partial charge on any atom is -0.493 e. The van der Waals surface area contributed by atoms with E-state index in [1.165, 1.54) is 11.3 Å². The summed E-state index contributed by atoms with van der Waals surface area (Å²) in [7, 11) is 0. The third-order valence-corrected chi connectivity index (χ3v) is 2.79. The number of hydrogen-bond donors (Lipinski definition) is 2. The molecule has 0 fully saturated rings. The van der Waals surface area contributed by atoms with Crippen LogP contribution >= 0.6 is 11.3 Å². The molecule has 0 spiro atoms. The van der Waals surface area contributed by atoms with Gasteiger partial charge in [0, 0.05) is 6.20 Å². The number of rotatable bonds is 2. The van der Waals surface area contributed by atoms with E-state index in [0.717, 1.165) is 4.88 Å². The van der Waals surface area contributed by atoms with Crippen LogP contribution < -0.4 is 5.56 Å². The number of nitrogens with one attached hydrogen (secondary N) is 1. The molecular formula is C9H9N3O2S. The van der Waals surface area contributed by atoms with Gasteiger partial charge in [-0.05, 0) is 6.42 Å². The van der Waals surface area contributed by atoms with Crippen LogP contribution in [0, 0.1) is 0 Å². The Morgan fingerprint density at radius 3 is 2.93 bits per heavy atom. The molecule has 0 atom stereocenters. The van der Waals surface area contributed by atoms with Gasteiger partial charge in [0.05, 0.1) is 16.0 Å². The molecule has 2 rings (SSSR count). The number of hydrogen-bond acceptors (Lipinski definition) is 5. The zero-order valence-electron chi connectivity index (χ0n) is 8.02. The quantitative estimate of drug-likeness (QED) is 0.800. The Hall–Kier alpha value is -1.69. The summed E-state index contributed by atoms with van der Waals surface area (Å²) in [6, 6.07) is 0. The van der Waals surface area contributed by atoms with Crippen molar-refractivity contribution in [2.24, 2.45) is 0 Å². The molecule has 2 aromatic rings. The van der Waals surface area contributed by atoms with Gasteiger partial charge < -0.3 is 10.1 Å². The van der Waals surface area contributed by atoms with Gasteiger partial charge in [-0.3, -0.25) is 9.78 Å². The van der Waals surface area contributed by atoms with Crippen LogP contribution in [0.4, 0.5) is 0 Å². The first-order valence-electron chi connectivity index (χ1n) is 4.43. The van der Waals surface area contributed by atoms with E-state index < -0.39 is 0 Å². The molecule has 0 bridgehead atoms. The normalized spacial score (nSPS) is 10.5. The van der Waals surface area contributed by atoms with Gasteiger partial charge >= 0.3 is 0 Å². The van der Waals surface area contributed by atoms with Gasteiger partial charge in [0.1, 0.15) is 0 Å². The number of aromatic nitrogens is 3. The lowest BCUT2D eigenvalue weighted by atomic mass is 10.2. The fourth-order valence-electron chi connectivity index (χ4n) is 1.25. The first-order chi connectivity index (χ1) is 7.22. The van der Waals surface area contributed by atoms with Crippen molar-refractivity contribution in [3.63, 3.8) is 0 Å². The van der Waals surface area contributed by atoms with E-state index in [1.54, 1.807) is 18.6 Å². The first-order valence-corrected chi connectivity index (χ1v) is 5.31. The standard InChI is InChI=1S/C9H9N3O2S/c1-2-5-8(13)11-7(12-9(5)14)6-3-10-4-15-6/h3-4H,2H2,1H3,(H2,11,12,13,14).